The van der Waals surface area contributed by atoms with Crippen LogP contribution in [0.2, 0.25) is 0 Å². The van der Waals surface area contributed by atoms with Crippen molar-refractivity contribution in [1.82, 2.24) is 15.5 Å². The largest absolute Gasteiger partial charge is 0.490 e. The van der Waals surface area contributed by atoms with Crippen LogP contribution >= 0.6 is 0 Å². The molecule has 0 bridgehead atoms. The quantitative estimate of drug-likeness (QED) is 0.660. The van der Waals surface area contributed by atoms with Gasteiger partial charge in [-0.15, -0.1) is 0 Å². The van der Waals surface area contributed by atoms with E-state index < -0.39 is 0 Å². The zero-order valence-electron chi connectivity index (χ0n) is 18.7. The zero-order chi connectivity index (χ0) is 22.7. The van der Waals surface area contributed by atoms with Crippen molar-refractivity contribution in [3.05, 3.63) is 23.8 Å². The molecule has 0 unspecified atom stereocenters. The zero-order valence-corrected chi connectivity index (χ0v) is 18.7. The summed E-state index contributed by atoms with van der Waals surface area (Å²) in [7, 11) is 3.38. The number of likely N-dealkylation sites (N-methyl/N-ethyl adjacent to an activating group) is 1. The number of fused-ring (bicyclic) bond motifs is 2. The van der Waals surface area contributed by atoms with Gasteiger partial charge in [-0.25, -0.2) is 4.79 Å². The highest BCUT2D eigenvalue weighted by Crippen LogP contribution is 2.32. The van der Waals surface area contributed by atoms with Crippen molar-refractivity contribution >= 4 is 23.5 Å². The van der Waals surface area contributed by atoms with Gasteiger partial charge in [-0.05, 0) is 43.9 Å². The molecule has 0 radical (unpaired) electrons. The number of amides is 4. The van der Waals surface area contributed by atoms with E-state index in [2.05, 4.69) is 16.0 Å². The maximum atomic E-state index is 13.3. The van der Waals surface area contributed by atoms with Gasteiger partial charge >= 0.3 is 6.03 Å². The maximum Gasteiger partial charge on any atom is 0.319 e. The van der Waals surface area contributed by atoms with Crippen molar-refractivity contribution in [2.45, 2.75) is 69.2 Å². The third-order valence-electron chi connectivity index (χ3n) is 6.65. The summed E-state index contributed by atoms with van der Waals surface area (Å²) in [4.78, 5) is 39.0. The monoisotopic (exact) mass is 444 g/mol. The number of hydrogen-bond donors (Lipinski definition) is 3. The molecule has 4 amide bonds. The van der Waals surface area contributed by atoms with E-state index in [1.165, 1.54) is 0 Å². The van der Waals surface area contributed by atoms with E-state index in [-0.39, 0.29) is 48.7 Å². The molecule has 1 aromatic carbocycles. The molecule has 4 rings (SSSR count). The molecule has 1 saturated heterocycles. The Kier molecular flexibility index (Phi) is 6.83. The lowest BCUT2D eigenvalue weighted by molar-refractivity contribution is -0.133. The van der Waals surface area contributed by atoms with Crippen LogP contribution in [0.15, 0.2) is 18.2 Å². The normalized spacial score (nSPS) is 25.6. The van der Waals surface area contributed by atoms with E-state index in [4.69, 9.17) is 9.47 Å². The minimum atomic E-state index is -0.310. The molecule has 1 saturated carbocycles. The molecule has 174 valence electrons. The summed E-state index contributed by atoms with van der Waals surface area (Å²) in [5.41, 5.74) is 0.962. The number of nitrogens with zero attached hydrogens (tertiary/aromatic N) is 1. The Hall–Kier alpha value is -2.81. The van der Waals surface area contributed by atoms with Gasteiger partial charge in [0.05, 0.1) is 24.1 Å². The molecule has 0 spiro atoms. The van der Waals surface area contributed by atoms with Crippen LogP contribution in [0.3, 0.4) is 0 Å². The topological polar surface area (TPSA) is 109 Å². The van der Waals surface area contributed by atoms with E-state index in [9.17, 15) is 14.4 Å². The van der Waals surface area contributed by atoms with Crippen LogP contribution in [-0.4, -0.2) is 67.7 Å². The van der Waals surface area contributed by atoms with Crippen molar-refractivity contribution in [2.75, 3.05) is 26.0 Å². The number of hydrogen-bond acceptors (Lipinski definition) is 5. The van der Waals surface area contributed by atoms with Gasteiger partial charge < -0.3 is 30.3 Å². The number of ether oxygens (including phenoxy) is 2. The van der Waals surface area contributed by atoms with E-state index in [1.54, 1.807) is 37.2 Å². The molecule has 1 aliphatic carbocycles. The molecule has 1 aromatic rings. The van der Waals surface area contributed by atoms with Crippen LogP contribution in [0.1, 0.15) is 55.3 Å². The van der Waals surface area contributed by atoms with Gasteiger partial charge in [0.2, 0.25) is 5.91 Å². The Bertz CT molecular complexity index is 870. The van der Waals surface area contributed by atoms with Crippen molar-refractivity contribution in [2.24, 2.45) is 0 Å². The molecule has 2 heterocycles. The lowest BCUT2D eigenvalue weighted by atomic mass is 9.94. The second kappa shape index (κ2) is 9.77. The van der Waals surface area contributed by atoms with E-state index in [0.29, 0.717) is 29.8 Å². The highest BCUT2D eigenvalue weighted by atomic mass is 16.5. The van der Waals surface area contributed by atoms with Gasteiger partial charge in [-0.2, -0.15) is 0 Å². The molecular weight excluding hydrogens is 412 g/mol. The first-order chi connectivity index (χ1) is 15.4. The Morgan fingerprint density at radius 2 is 1.94 bits per heavy atom. The van der Waals surface area contributed by atoms with Crippen LogP contribution in [0.25, 0.3) is 0 Å². The summed E-state index contributed by atoms with van der Waals surface area (Å²) >= 11 is 0. The Labute approximate surface area is 188 Å². The van der Waals surface area contributed by atoms with Gasteiger partial charge in [-0.3, -0.25) is 9.59 Å². The smallest absolute Gasteiger partial charge is 0.319 e. The Morgan fingerprint density at radius 1 is 1.16 bits per heavy atom. The molecule has 0 aromatic heterocycles. The summed E-state index contributed by atoms with van der Waals surface area (Å²) in [5, 5.41) is 8.45. The van der Waals surface area contributed by atoms with Crippen molar-refractivity contribution in [1.29, 1.82) is 0 Å². The predicted molar refractivity (Wildman–Crippen MR) is 119 cm³/mol. The molecule has 3 aliphatic rings. The second-order valence-corrected chi connectivity index (χ2v) is 8.84. The second-order valence-electron chi connectivity index (χ2n) is 8.84. The van der Waals surface area contributed by atoms with Crippen molar-refractivity contribution in [3.8, 4) is 5.75 Å². The minimum absolute atomic E-state index is 0.0630. The van der Waals surface area contributed by atoms with Crippen LogP contribution in [0.5, 0.6) is 5.75 Å². The summed E-state index contributed by atoms with van der Waals surface area (Å²) in [5.74, 6) is 0.217. The molecule has 3 N–H and O–H groups in total. The van der Waals surface area contributed by atoms with Crippen LogP contribution in [0.4, 0.5) is 10.5 Å². The predicted octanol–water partition coefficient (Wildman–Crippen LogP) is 2.27. The molecule has 3 atom stereocenters. The molecular formula is C23H32N4O5. The van der Waals surface area contributed by atoms with Crippen LogP contribution < -0.4 is 20.7 Å². The maximum absolute atomic E-state index is 13.3. The molecule has 2 fully saturated rings. The van der Waals surface area contributed by atoms with Gasteiger partial charge in [0.1, 0.15) is 18.5 Å². The lowest BCUT2D eigenvalue weighted by Gasteiger charge is -2.42. The molecule has 32 heavy (non-hydrogen) atoms. The summed E-state index contributed by atoms with van der Waals surface area (Å²) in [6, 6.07) is 4.92. The van der Waals surface area contributed by atoms with E-state index >= 15 is 0 Å². The van der Waals surface area contributed by atoms with Crippen LogP contribution in [-0.2, 0) is 9.53 Å². The first-order valence-electron chi connectivity index (χ1n) is 11.4. The third kappa shape index (κ3) is 4.98. The third-order valence-corrected chi connectivity index (χ3v) is 6.65. The number of anilines is 1. The van der Waals surface area contributed by atoms with Gasteiger partial charge in [0.15, 0.2) is 0 Å². The Morgan fingerprint density at radius 3 is 2.69 bits per heavy atom. The first-order valence-corrected chi connectivity index (χ1v) is 11.4. The Balaban J connectivity index is 1.45. The summed E-state index contributed by atoms with van der Waals surface area (Å²) in [6.45, 7) is 0.286. The van der Waals surface area contributed by atoms with E-state index in [0.717, 1.165) is 32.1 Å². The minimum Gasteiger partial charge on any atom is -0.490 e. The van der Waals surface area contributed by atoms with Gasteiger partial charge in [0.25, 0.3) is 5.91 Å². The van der Waals surface area contributed by atoms with Gasteiger partial charge in [-0.1, -0.05) is 12.8 Å². The fraction of sp³-hybridized carbons (Fsp3) is 0.609. The highest BCUT2D eigenvalue weighted by molar-refractivity contribution is 5.99. The van der Waals surface area contributed by atoms with Crippen LogP contribution in [0, 0.1) is 0 Å². The average Bonchev–Trinajstić information content (AvgIpc) is 3.29. The fourth-order valence-electron chi connectivity index (χ4n) is 4.84. The number of carbonyl (C=O) groups is 3. The van der Waals surface area contributed by atoms with Gasteiger partial charge in [0, 0.05) is 25.8 Å². The highest BCUT2D eigenvalue weighted by Gasteiger charge is 2.39. The average molecular weight is 445 g/mol. The first kappa shape index (κ1) is 22.4. The number of nitrogens with one attached hydrogen (secondary N) is 3. The molecule has 9 heteroatoms. The fourth-order valence-corrected chi connectivity index (χ4v) is 4.84. The lowest BCUT2D eigenvalue weighted by Crippen LogP contribution is -2.53. The molecule has 9 nitrogen and oxygen atoms in total. The SMILES string of the molecule is CNC(=O)C[C@H]1CC[C@@H]2[C@H](COc3ccc(NC(=O)NC4CCCC4)cc3C(=O)N2C)O1. The van der Waals surface area contributed by atoms with Crippen molar-refractivity contribution in [3.63, 3.8) is 0 Å². The molecule has 2 aliphatic heterocycles. The summed E-state index contributed by atoms with van der Waals surface area (Å²) < 4.78 is 12.1. The van der Waals surface area contributed by atoms with E-state index in [1.807, 2.05) is 0 Å². The van der Waals surface area contributed by atoms with Crippen molar-refractivity contribution < 1.29 is 23.9 Å². The summed E-state index contributed by atoms with van der Waals surface area (Å²) in [6.07, 6.45) is 5.51. The number of rotatable bonds is 4. The standard InChI is InChI=1S/C23H32N4O5/c1-24-21(28)12-16-8-9-18-20(32-16)13-31-19-10-7-15(11-17(19)22(29)27(18)2)26-23(30)25-14-5-3-4-6-14/h7,10-11,14,16,18,20H,3-6,8-9,12-13H2,1-2H3,(H,24,28)(H2,25,26,30)/t16-,18-,20+/m1/s1. The number of urea groups is 1. The number of benzene rings is 1. The number of carbonyl (C=O) groups excluding carboxylic acids is 3.